The van der Waals surface area contributed by atoms with Crippen LogP contribution in [0, 0.1) is 11.3 Å². The van der Waals surface area contributed by atoms with Crippen LogP contribution in [0.5, 0.6) is 0 Å². The molecular formula is C22H27N5O4. The number of aryl methyl sites for hydroxylation is 2. The number of carbonyl (C=O) groups is 2. The second-order valence-corrected chi connectivity index (χ2v) is 9.02. The van der Waals surface area contributed by atoms with Crippen molar-refractivity contribution in [3.8, 4) is 0 Å². The van der Waals surface area contributed by atoms with E-state index in [0.29, 0.717) is 17.4 Å². The number of amides is 2. The molecule has 0 saturated heterocycles. The maximum absolute atomic E-state index is 13.0. The number of hydrogen-bond acceptors (Lipinski definition) is 6. The Labute approximate surface area is 180 Å². The Balaban J connectivity index is 1.50. The van der Waals surface area contributed by atoms with Crippen LogP contribution >= 0.6 is 0 Å². The molecule has 2 N–H and O–H groups in total. The zero-order valence-electron chi connectivity index (χ0n) is 18.2. The Morgan fingerprint density at radius 2 is 2.06 bits per heavy atom. The molecule has 0 radical (unpaired) electrons. The lowest BCUT2D eigenvalue weighted by Crippen LogP contribution is -2.28. The molecule has 3 aromatic rings. The van der Waals surface area contributed by atoms with Gasteiger partial charge in [-0.2, -0.15) is 5.10 Å². The largest absolute Gasteiger partial charge is 0.467 e. The lowest BCUT2D eigenvalue weighted by molar-refractivity contribution is 0.0943. The third-order valence-electron chi connectivity index (χ3n) is 5.78. The second kappa shape index (κ2) is 8.05. The van der Waals surface area contributed by atoms with Crippen molar-refractivity contribution in [2.45, 2.75) is 46.6 Å². The number of nitrogens with one attached hydrogen (secondary N) is 2. The summed E-state index contributed by atoms with van der Waals surface area (Å²) < 4.78 is 12.2. The first-order chi connectivity index (χ1) is 14.7. The quantitative estimate of drug-likeness (QED) is 0.648. The van der Waals surface area contributed by atoms with Crippen LogP contribution in [-0.4, -0.2) is 26.8 Å². The Morgan fingerprint density at radius 1 is 1.26 bits per heavy atom. The van der Waals surface area contributed by atoms with E-state index in [1.165, 1.54) is 10.9 Å². The maximum Gasteiger partial charge on any atom is 0.278 e. The summed E-state index contributed by atoms with van der Waals surface area (Å²) in [6.45, 7) is 6.85. The van der Waals surface area contributed by atoms with Gasteiger partial charge in [0.05, 0.1) is 18.5 Å². The molecule has 0 spiro atoms. The highest BCUT2D eigenvalue weighted by Crippen LogP contribution is 2.38. The monoisotopic (exact) mass is 425 g/mol. The van der Waals surface area contributed by atoms with E-state index in [2.05, 4.69) is 41.7 Å². The summed E-state index contributed by atoms with van der Waals surface area (Å²) in [5.74, 6) is 1.01. The van der Waals surface area contributed by atoms with Crippen LogP contribution in [0.25, 0.3) is 0 Å². The van der Waals surface area contributed by atoms with Crippen LogP contribution in [0.3, 0.4) is 0 Å². The van der Waals surface area contributed by atoms with E-state index in [9.17, 15) is 9.59 Å². The van der Waals surface area contributed by atoms with Gasteiger partial charge in [0, 0.05) is 25.2 Å². The predicted octanol–water partition coefficient (Wildman–Crippen LogP) is 3.33. The van der Waals surface area contributed by atoms with Crippen LogP contribution < -0.4 is 10.6 Å². The van der Waals surface area contributed by atoms with Crippen molar-refractivity contribution >= 4 is 17.5 Å². The van der Waals surface area contributed by atoms with Gasteiger partial charge in [-0.05, 0) is 36.3 Å². The molecule has 0 bridgehead atoms. The van der Waals surface area contributed by atoms with E-state index in [1.54, 1.807) is 25.4 Å². The molecule has 3 aromatic heterocycles. The number of furan rings is 1. The van der Waals surface area contributed by atoms with E-state index >= 15 is 0 Å². The average molecular weight is 425 g/mol. The summed E-state index contributed by atoms with van der Waals surface area (Å²) in [6, 6.07) is 3.51. The lowest BCUT2D eigenvalue weighted by Gasteiger charge is -2.33. The molecule has 1 atom stereocenters. The Bertz CT molecular complexity index is 1090. The smallest absolute Gasteiger partial charge is 0.278 e. The van der Waals surface area contributed by atoms with Crippen molar-refractivity contribution in [2.75, 3.05) is 5.32 Å². The topological polar surface area (TPSA) is 115 Å². The molecule has 2 amide bonds. The van der Waals surface area contributed by atoms with Crippen LogP contribution in [-0.2, 0) is 26.4 Å². The Hall–Kier alpha value is -3.36. The van der Waals surface area contributed by atoms with Crippen molar-refractivity contribution in [3.05, 3.63) is 53.1 Å². The summed E-state index contributed by atoms with van der Waals surface area (Å²) in [6.07, 6.45) is 5.65. The van der Waals surface area contributed by atoms with Gasteiger partial charge in [-0.25, -0.2) is 0 Å². The molecule has 1 unspecified atom stereocenters. The minimum Gasteiger partial charge on any atom is -0.467 e. The molecule has 3 heterocycles. The maximum atomic E-state index is 13.0. The number of aromatic nitrogens is 3. The lowest BCUT2D eigenvalue weighted by atomic mass is 9.71. The third kappa shape index (κ3) is 4.40. The number of nitrogens with zero attached hydrogens (tertiary/aromatic N) is 3. The molecule has 0 fully saturated rings. The zero-order valence-corrected chi connectivity index (χ0v) is 18.2. The van der Waals surface area contributed by atoms with Crippen LogP contribution in [0.4, 0.5) is 5.69 Å². The molecule has 9 heteroatoms. The van der Waals surface area contributed by atoms with Crippen molar-refractivity contribution in [3.63, 3.8) is 0 Å². The molecule has 4 rings (SSSR count). The number of hydrogen-bond donors (Lipinski definition) is 2. The average Bonchev–Trinajstić information content (AvgIpc) is 3.44. The van der Waals surface area contributed by atoms with E-state index in [1.807, 2.05) is 0 Å². The Morgan fingerprint density at radius 3 is 2.77 bits per heavy atom. The van der Waals surface area contributed by atoms with E-state index < -0.39 is 11.8 Å². The fourth-order valence-corrected chi connectivity index (χ4v) is 3.91. The van der Waals surface area contributed by atoms with Crippen molar-refractivity contribution in [1.29, 1.82) is 0 Å². The van der Waals surface area contributed by atoms with E-state index in [-0.39, 0.29) is 23.3 Å². The van der Waals surface area contributed by atoms with Gasteiger partial charge in [-0.3, -0.25) is 14.3 Å². The van der Waals surface area contributed by atoms with Gasteiger partial charge in [0.2, 0.25) is 0 Å². The van der Waals surface area contributed by atoms with Gasteiger partial charge < -0.3 is 19.6 Å². The van der Waals surface area contributed by atoms with Gasteiger partial charge in [0.1, 0.15) is 11.5 Å². The molecule has 0 aliphatic heterocycles. The fraction of sp³-hybridized carbons (Fsp3) is 0.455. The standard InChI is InChI=1S/C22H27N5O4/c1-22(2,3)13-7-8-17-15(10-13)18(26-31-17)21(29)24-16-12-27(4)25-19(16)20(28)23-11-14-6-5-9-30-14/h5-6,9,12-13H,7-8,10-11H2,1-4H3,(H,23,28)(H,24,29). The molecule has 0 aromatic carbocycles. The first kappa shape index (κ1) is 20.9. The summed E-state index contributed by atoms with van der Waals surface area (Å²) in [7, 11) is 1.69. The first-order valence-corrected chi connectivity index (χ1v) is 10.4. The number of rotatable bonds is 5. The van der Waals surface area contributed by atoms with Gasteiger partial charge in [0.25, 0.3) is 11.8 Å². The fourth-order valence-electron chi connectivity index (χ4n) is 3.91. The third-order valence-corrected chi connectivity index (χ3v) is 5.78. The van der Waals surface area contributed by atoms with E-state index in [4.69, 9.17) is 8.94 Å². The predicted molar refractivity (Wildman–Crippen MR) is 113 cm³/mol. The summed E-state index contributed by atoms with van der Waals surface area (Å²) in [5, 5.41) is 13.8. The van der Waals surface area contributed by atoms with Crippen molar-refractivity contribution in [1.82, 2.24) is 20.3 Å². The Kier molecular flexibility index (Phi) is 5.43. The van der Waals surface area contributed by atoms with Gasteiger partial charge in [0.15, 0.2) is 11.4 Å². The van der Waals surface area contributed by atoms with Crippen LogP contribution in [0.15, 0.2) is 33.5 Å². The first-order valence-electron chi connectivity index (χ1n) is 10.4. The molecule has 9 nitrogen and oxygen atoms in total. The molecule has 1 aliphatic carbocycles. The highest BCUT2D eigenvalue weighted by atomic mass is 16.5. The molecule has 1 aliphatic rings. The van der Waals surface area contributed by atoms with Crippen LogP contribution in [0.2, 0.25) is 0 Å². The highest BCUT2D eigenvalue weighted by molar-refractivity contribution is 6.08. The molecule has 31 heavy (non-hydrogen) atoms. The number of carbonyl (C=O) groups excluding carboxylic acids is 2. The summed E-state index contributed by atoms with van der Waals surface area (Å²) in [4.78, 5) is 25.6. The minimum atomic E-state index is -0.415. The SMILES string of the molecule is Cn1cc(NC(=O)c2noc3c2CC(C(C)(C)C)CC3)c(C(=O)NCc2ccco2)n1. The number of anilines is 1. The molecule has 164 valence electrons. The number of fused-ring (bicyclic) bond motifs is 1. The summed E-state index contributed by atoms with van der Waals surface area (Å²) in [5.41, 5.74) is 1.69. The normalized spacial score (nSPS) is 16.1. The van der Waals surface area contributed by atoms with Gasteiger partial charge >= 0.3 is 0 Å². The minimum absolute atomic E-state index is 0.118. The molecule has 0 saturated carbocycles. The van der Waals surface area contributed by atoms with Gasteiger partial charge in [-0.1, -0.05) is 25.9 Å². The van der Waals surface area contributed by atoms with Crippen LogP contribution in [0.1, 0.15) is 65.3 Å². The van der Waals surface area contributed by atoms with Crippen molar-refractivity contribution in [2.24, 2.45) is 18.4 Å². The zero-order chi connectivity index (χ0) is 22.2. The summed E-state index contributed by atoms with van der Waals surface area (Å²) >= 11 is 0. The second-order valence-electron chi connectivity index (χ2n) is 9.02. The molecular weight excluding hydrogens is 398 g/mol. The van der Waals surface area contributed by atoms with Gasteiger partial charge in [-0.15, -0.1) is 0 Å². The highest BCUT2D eigenvalue weighted by Gasteiger charge is 2.34. The van der Waals surface area contributed by atoms with E-state index in [0.717, 1.165) is 30.6 Å². The van der Waals surface area contributed by atoms with Crippen molar-refractivity contribution < 1.29 is 18.5 Å².